The van der Waals surface area contributed by atoms with Crippen molar-refractivity contribution in [2.75, 3.05) is 7.11 Å². The molecule has 5 nitrogen and oxygen atoms in total. The summed E-state index contributed by atoms with van der Waals surface area (Å²) in [5.74, 6) is -1.16. The highest BCUT2D eigenvalue weighted by Gasteiger charge is 2.56. The number of aromatic hydroxyl groups is 2. The Hall–Kier alpha value is -1.75. The highest BCUT2D eigenvalue weighted by molar-refractivity contribution is 5.86. The van der Waals surface area contributed by atoms with Gasteiger partial charge in [0.25, 0.3) is 0 Å². The number of rotatable bonds is 4. The SMILES string of the molecule is COC(=O)[C@]1(c2c([C@@H](C)O)cc(C(C)C)c(O)c2O)CCCC(C)(C)[C@@H]1C. The molecule has 0 spiro atoms. The number of hydrogen-bond donors (Lipinski definition) is 3. The van der Waals surface area contributed by atoms with E-state index in [2.05, 4.69) is 13.8 Å². The van der Waals surface area contributed by atoms with Crippen LogP contribution < -0.4 is 0 Å². The van der Waals surface area contributed by atoms with Crippen LogP contribution in [0.4, 0.5) is 0 Å². The summed E-state index contributed by atoms with van der Waals surface area (Å²) in [5, 5.41) is 32.2. The summed E-state index contributed by atoms with van der Waals surface area (Å²) in [6.07, 6.45) is 1.34. The lowest BCUT2D eigenvalue weighted by atomic mass is 9.53. The van der Waals surface area contributed by atoms with Crippen LogP contribution in [0.5, 0.6) is 11.5 Å². The summed E-state index contributed by atoms with van der Waals surface area (Å²) in [7, 11) is 1.35. The second kappa shape index (κ2) is 7.34. The number of phenols is 2. The van der Waals surface area contributed by atoms with Gasteiger partial charge < -0.3 is 20.1 Å². The second-order valence-electron chi connectivity index (χ2n) is 8.98. The molecule has 1 saturated carbocycles. The molecule has 2 rings (SSSR count). The number of benzene rings is 1. The van der Waals surface area contributed by atoms with E-state index in [9.17, 15) is 20.1 Å². The first kappa shape index (κ1) is 21.5. The van der Waals surface area contributed by atoms with E-state index in [1.807, 2.05) is 20.8 Å². The number of aliphatic hydroxyl groups is 1. The number of hydrogen-bond acceptors (Lipinski definition) is 5. The summed E-state index contributed by atoms with van der Waals surface area (Å²) >= 11 is 0. The first-order valence-electron chi connectivity index (χ1n) is 9.77. The zero-order valence-corrected chi connectivity index (χ0v) is 17.6. The molecule has 5 heteroatoms. The highest BCUT2D eigenvalue weighted by Crippen LogP contribution is 2.57. The minimum Gasteiger partial charge on any atom is -0.504 e. The summed E-state index contributed by atoms with van der Waals surface area (Å²) in [6.45, 7) is 11.6. The molecule has 3 N–H and O–H groups in total. The highest BCUT2D eigenvalue weighted by atomic mass is 16.5. The van der Waals surface area contributed by atoms with Crippen molar-refractivity contribution in [2.45, 2.75) is 78.2 Å². The molecule has 152 valence electrons. The number of esters is 1. The van der Waals surface area contributed by atoms with Crippen LogP contribution in [0, 0.1) is 11.3 Å². The summed E-state index contributed by atoms with van der Waals surface area (Å²) < 4.78 is 5.21. The Bertz CT molecular complexity index is 720. The van der Waals surface area contributed by atoms with Gasteiger partial charge in [-0.2, -0.15) is 0 Å². The van der Waals surface area contributed by atoms with E-state index in [1.54, 1.807) is 13.0 Å². The maximum atomic E-state index is 13.1. The Labute approximate surface area is 162 Å². The van der Waals surface area contributed by atoms with E-state index in [4.69, 9.17) is 4.74 Å². The molecule has 0 radical (unpaired) electrons. The maximum Gasteiger partial charge on any atom is 0.316 e. The van der Waals surface area contributed by atoms with Crippen LogP contribution in [0.3, 0.4) is 0 Å². The Morgan fingerprint density at radius 1 is 1.15 bits per heavy atom. The van der Waals surface area contributed by atoms with Gasteiger partial charge in [0.05, 0.1) is 18.6 Å². The quantitative estimate of drug-likeness (QED) is 0.529. The molecule has 0 unspecified atom stereocenters. The minimum atomic E-state index is -1.13. The number of ether oxygens (including phenoxy) is 1. The van der Waals surface area contributed by atoms with Gasteiger partial charge >= 0.3 is 5.97 Å². The first-order chi connectivity index (χ1) is 12.4. The standard InChI is InChI=1S/C22H34O5/c1-12(2)15-11-16(13(3)23)17(19(25)18(15)24)22(20(26)27-7)10-8-9-21(5,6)14(22)4/h11-14,23-25H,8-10H2,1-7H3/t13-,14+,22-/m1/s1. The number of aliphatic hydroxyl groups excluding tert-OH is 1. The van der Waals surface area contributed by atoms with Crippen LogP contribution >= 0.6 is 0 Å². The van der Waals surface area contributed by atoms with Crippen molar-refractivity contribution >= 4 is 5.97 Å². The maximum absolute atomic E-state index is 13.1. The van der Waals surface area contributed by atoms with E-state index in [-0.39, 0.29) is 28.7 Å². The van der Waals surface area contributed by atoms with Gasteiger partial charge in [-0.1, -0.05) is 41.0 Å². The molecule has 3 atom stereocenters. The van der Waals surface area contributed by atoms with Crippen molar-refractivity contribution in [3.8, 4) is 11.5 Å². The molecule has 1 aromatic carbocycles. The van der Waals surface area contributed by atoms with Crippen LogP contribution in [-0.2, 0) is 14.9 Å². The van der Waals surface area contributed by atoms with Crippen molar-refractivity contribution in [2.24, 2.45) is 11.3 Å². The van der Waals surface area contributed by atoms with E-state index in [0.717, 1.165) is 12.8 Å². The molecule has 0 amide bonds. The predicted octanol–water partition coefficient (Wildman–Crippen LogP) is 4.53. The van der Waals surface area contributed by atoms with Gasteiger partial charge in [0.1, 0.15) is 0 Å². The van der Waals surface area contributed by atoms with Gasteiger partial charge in [-0.15, -0.1) is 0 Å². The largest absolute Gasteiger partial charge is 0.504 e. The predicted molar refractivity (Wildman–Crippen MR) is 105 cm³/mol. The average Bonchev–Trinajstić information content (AvgIpc) is 2.58. The third kappa shape index (κ3) is 3.31. The normalized spacial score (nSPS) is 26.0. The Morgan fingerprint density at radius 3 is 2.22 bits per heavy atom. The van der Waals surface area contributed by atoms with Gasteiger partial charge in [0, 0.05) is 11.1 Å². The Kier molecular flexibility index (Phi) is 5.86. The van der Waals surface area contributed by atoms with Crippen molar-refractivity contribution in [1.29, 1.82) is 0 Å². The van der Waals surface area contributed by atoms with Crippen LogP contribution in [0.2, 0.25) is 0 Å². The molecular weight excluding hydrogens is 344 g/mol. The molecule has 0 bridgehead atoms. The summed E-state index contributed by atoms with van der Waals surface area (Å²) in [5.41, 5.74) is 0.0477. The molecule has 1 fully saturated rings. The van der Waals surface area contributed by atoms with E-state index in [0.29, 0.717) is 23.1 Å². The fourth-order valence-corrected chi connectivity index (χ4v) is 4.77. The number of methoxy groups -OCH3 is 1. The van der Waals surface area contributed by atoms with Gasteiger partial charge in [-0.05, 0) is 48.6 Å². The third-order valence-electron chi connectivity index (χ3n) is 6.71. The molecule has 1 aromatic rings. The van der Waals surface area contributed by atoms with E-state index >= 15 is 0 Å². The van der Waals surface area contributed by atoms with Crippen LogP contribution in [0.1, 0.15) is 89.5 Å². The molecule has 0 heterocycles. The first-order valence-corrected chi connectivity index (χ1v) is 9.77. The second-order valence-corrected chi connectivity index (χ2v) is 8.98. The van der Waals surface area contributed by atoms with Crippen LogP contribution in [0.25, 0.3) is 0 Å². The fourth-order valence-electron chi connectivity index (χ4n) is 4.77. The fraction of sp³-hybridized carbons (Fsp3) is 0.682. The Balaban J connectivity index is 2.92. The summed E-state index contributed by atoms with van der Waals surface area (Å²) in [6, 6.07) is 1.72. The molecule has 1 aliphatic carbocycles. The molecule has 0 aromatic heterocycles. The van der Waals surface area contributed by atoms with Crippen molar-refractivity contribution < 1.29 is 24.9 Å². The van der Waals surface area contributed by atoms with E-state index in [1.165, 1.54) is 7.11 Å². The average molecular weight is 379 g/mol. The Morgan fingerprint density at radius 2 is 1.74 bits per heavy atom. The topological polar surface area (TPSA) is 87.0 Å². The van der Waals surface area contributed by atoms with Gasteiger partial charge in [-0.25, -0.2) is 0 Å². The van der Waals surface area contributed by atoms with Gasteiger partial charge in [0.2, 0.25) is 0 Å². The molecule has 27 heavy (non-hydrogen) atoms. The third-order valence-corrected chi connectivity index (χ3v) is 6.71. The van der Waals surface area contributed by atoms with E-state index < -0.39 is 17.5 Å². The monoisotopic (exact) mass is 378 g/mol. The zero-order valence-electron chi connectivity index (χ0n) is 17.6. The summed E-state index contributed by atoms with van der Waals surface area (Å²) in [4.78, 5) is 13.1. The van der Waals surface area contributed by atoms with Gasteiger partial charge in [-0.3, -0.25) is 4.79 Å². The number of carbonyl (C=O) groups is 1. The molecule has 0 aliphatic heterocycles. The molecular formula is C22H34O5. The molecule has 1 aliphatic rings. The van der Waals surface area contributed by atoms with Gasteiger partial charge in [0.15, 0.2) is 11.5 Å². The van der Waals surface area contributed by atoms with Crippen LogP contribution in [0.15, 0.2) is 6.07 Å². The lowest BCUT2D eigenvalue weighted by Crippen LogP contribution is -2.51. The number of phenolic OH excluding ortho intramolecular Hbond substituents is 2. The van der Waals surface area contributed by atoms with Crippen molar-refractivity contribution in [1.82, 2.24) is 0 Å². The zero-order chi connectivity index (χ0) is 20.7. The van der Waals surface area contributed by atoms with Crippen molar-refractivity contribution in [3.63, 3.8) is 0 Å². The molecule has 0 saturated heterocycles. The lowest BCUT2D eigenvalue weighted by Gasteiger charge is -2.50. The minimum absolute atomic E-state index is 0.0447. The van der Waals surface area contributed by atoms with Crippen LogP contribution in [-0.4, -0.2) is 28.4 Å². The number of carbonyl (C=O) groups excluding carboxylic acids is 1. The lowest BCUT2D eigenvalue weighted by molar-refractivity contribution is -0.155. The smallest absolute Gasteiger partial charge is 0.316 e. The van der Waals surface area contributed by atoms with Crippen molar-refractivity contribution in [3.05, 3.63) is 22.8 Å².